The molecule has 0 atom stereocenters. The molecule has 0 unspecified atom stereocenters. The Morgan fingerprint density at radius 2 is 0.578 bits per heavy atom. The zero-order chi connectivity index (χ0) is 45.6. The quantitative estimate of drug-likeness (QED) is 0.157. The lowest BCUT2D eigenvalue weighted by atomic mass is 9.56. The van der Waals surface area contributed by atoms with Crippen molar-refractivity contribution in [3.05, 3.63) is 84.9 Å². The number of benzene rings is 7. The summed E-state index contributed by atoms with van der Waals surface area (Å²) in [4.78, 5) is 16.1. The van der Waals surface area contributed by atoms with Gasteiger partial charge in [0.15, 0.2) is 17.5 Å². The van der Waals surface area contributed by atoms with Crippen LogP contribution >= 0.6 is 0 Å². The summed E-state index contributed by atoms with van der Waals surface area (Å²) in [5.41, 5.74) is 31.0. The Bertz CT molecular complexity index is 3410. The first-order valence-corrected chi connectivity index (χ1v) is 22.6. The number of aromatic nitrogens is 3. The van der Waals surface area contributed by atoms with E-state index in [4.69, 9.17) is 19.4 Å². The summed E-state index contributed by atoms with van der Waals surface area (Å²) < 4.78 is 7.29. The molecule has 7 aromatic carbocycles. The molecule has 4 nitrogen and oxygen atoms in total. The molecule has 0 N–H and O–H groups in total. The summed E-state index contributed by atoms with van der Waals surface area (Å²) in [5, 5.41) is 2.44. The lowest BCUT2D eigenvalue weighted by molar-refractivity contribution is 0.673. The van der Waals surface area contributed by atoms with Gasteiger partial charge in [-0.2, -0.15) is 0 Å². The number of fused-ring (bicyclic) bond motifs is 3. The Hall–Kier alpha value is -5.68. The molecule has 0 aliphatic carbocycles. The van der Waals surface area contributed by atoms with Crippen LogP contribution in [0.25, 0.3) is 89.5 Å². The van der Waals surface area contributed by atoms with E-state index >= 15 is 0 Å². The minimum atomic E-state index is 0.638. The Labute approximate surface area is 391 Å². The van der Waals surface area contributed by atoms with Gasteiger partial charge >= 0.3 is 0 Å². The summed E-state index contributed by atoms with van der Waals surface area (Å²) in [6.45, 7) is 0. The molecular weight excluding hydrogens is 761 g/mol. The maximum Gasteiger partial charge on any atom is 0.164 e. The van der Waals surface area contributed by atoms with Crippen LogP contribution in [0.5, 0.6) is 0 Å². The molecule has 19 heteroatoms. The average Bonchev–Trinajstić information content (AvgIpc) is 3.71. The van der Waals surface area contributed by atoms with Crippen LogP contribution in [0.3, 0.4) is 0 Å². The minimum absolute atomic E-state index is 0.638. The maximum absolute atomic E-state index is 7.29. The van der Waals surface area contributed by atoms with E-state index in [1.54, 1.807) is 0 Å². The maximum atomic E-state index is 7.29. The number of hydrogen-bond donors (Lipinski definition) is 0. The molecule has 0 fully saturated rings. The third-order valence-corrected chi connectivity index (χ3v) is 15.3. The van der Waals surface area contributed by atoms with Gasteiger partial charge in [0.05, 0.1) is 0 Å². The Morgan fingerprint density at radius 3 is 1.12 bits per heavy atom. The molecule has 0 aliphatic rings. The van der Waals surface area contributed by atoms with Gasteiger partial charge in [0.1, 0.15) is 129 Å². The van der Waals surface area contributed by atoms with E-state index in [9.17, 15) is 0 Å². The second-order valence-corrected chi connectivity index (χ2v) is 18.4. The van der Waals surface area contributed by atoms with Gasteiger partial charge in [-0.15, -0.1) is 21.9 Å². The van der Waals surface area contributed by atoms with Crippen molar-refractivity contribution in [3.63, 3.8) is 0 Å². The van der Waals surface area contributed by atoms with Crippen molar-refractivity contribution >= 4 is 222 Å². The molecule has 0 saturated heterocycles. The van der Waals surface area contributed by atoms with E-state index in [1.807, 2.05) is 18.2 Å². The van der Waals surface area contributed by atoms with Crippen molar-refractivity contribution in [1.82, 2.24) is 15.0 Å². The van der Waals surface area contributed by atoms with Crippen LogP contribution in [0.15, 0.2) is 89.3 Å². The van der Waals surface area contributed by atoms with Gasteiger partial charge in [-0.3, -0.25) is 0 Å². The highest BCUT2D eigenvalue weighted by molar-refractivity contribution is 6.72. The van der Waals surface area contributed by atoms with E-state index in [0.717, 1.165) is 49.9 Å². The van der Waals surface area contributed by atoms with Crippen molar-refractivity contribution in [3.8, 4) is 67.5 Å². The first kappa shape index (κ1) is 43.6. The van der Waals surface area contributed by atoms with Crippen LogP contribution in [0.2, 0.25) is 0 Å². The van der Waals surface area contributed by atoms with Gasteiger partial charge in [-0.05, 0) is 27.8 Å². The highest BCUT2D eigenvalue weighted by Crippen LogP contribution is 2.33. The molecule has 0 bridgehead atoms. The molecule has 0 saturated carbocycles. The first-order valence-electron chi connectivity index (χ1n) is 22.6. The van der Waals surface area contributed by atoms with Crippen LogP contribution in [-0.2, 0) is 0 Å². The summed E-state index contributed by atoms with van der Waals surface area (Å²) in [7, 11) is 34.1. The topological polar surface area (TPSA) is 51.8 Å². The van der Waals surface area contributed by atoms with E-state index in [0.29, 0.717) is 17.5 Å². The molecule has 2 heterocycles. The molecule has 0 spiro atoms. The zero-order valence-electron chi connectivity index (χ0n) is 40.3. The Balaban J connectivity index is 1.43. The second kappa shape index (κ2) is 16.4. The normalized spacial score (nSPS) is 11.4. The van der Waals surface area contributed by atoms with E-state index < -0.39 is 0 Å². The third kappa shape index (κ3) is 6.71. The summed E-state index contributed by atoms with van der Waals surface area (Å²) in [6, 6.07) is 29.4. The second-order valence-electron chi connectivity index (χ2n) is 18.4. The van der Waals surface area contributed by atoms with E-state index in [2.05, 4.69) is 184 Å². The molecule has 2 aromatic heterocycles. The van der Waals surface area contributed by atoms with Crippen molar-refractivity contribution in [2.45, 2.75) is 0 Å². The number of nitrogens with zero attached hydrogens (tertiary/aromatic N) is 3. The summed E-state index contributed by atoms with van der Waals surface area (Å²) in [6.07, 6.45) is 0. The molecular formula is C45H44B15N3O. The van der Waals surface area contributed by atoms with Crippen molar-refractivity contribution < 1.29 is 4.42 Å². The van der Waals surface area contributed by atoms with Gasteiger partial charge in [0.2, 0.25) is 0 Å². The molecule has 0 amide bonds. The fourth-order valence-electron chi connectivity index (χ4n) is 10.6. The predicted octanol–water partition coefficient (Wildman–Crippen LogP) is -14.4. The van der Waals surface area contributed by atoms with Crippen LogP contribution < -0.4 is 81.9 Å². The van der Waals surface area contributed by atoms with Gasteiger partial charge < -0.3 is 4.42 Å². The molecule has 9 rings (SSSR count). The molecule has 9 aromatic rings. The zero-order valence-corrected chi connectivity index (χ0v) is 40.3. The number of rotatable bonds is 6. The highest BCUT2D eigenvalue weighted by atomic mass is 16.3. The van der Waals surface area contributed by atoms with Crippen LogP contribution in [0, 0.1) is 0 Å². The summed E-state index contributed by atoms with van der Waals surface area (Å²) in [5.74, 6) is 1.94. The molecule has 0 aliphatic heterocycles. The average molecular weight is 805 g/mol. The van der Waals surface area contributed by atoms with Gasteiger partial charge in [-0.1, -0.05) is 145 Å². The Kier molecular flexibility index (Phi) is 11.2. The predicted molar refractivity (Wildman–Crippen MR) is 322 cm³/mol. The van der Waals surface area contributed by atoms with E-state index in [1.165, 1.54) is 104 Å². The largest absolute Gasteiger partial charge is 0.456 e. The van der Waals surface area contributed by atoms with Crippen LogP contribution in [0.4, 0.5) is 0 Å². The molecule has 64 heavy (non-hydrogen) atoms. The van der Waals surface area contributed by atoms with Crippen molar-refractivity contribution in [1.29, 1.82) is 0 Å². The van der Waals surface area contributed by atoms with Gasteiger partial charge in [-0.25, -0.2) is 15.0 Å². The number of furan rings is 1. The summed E-state index contributed by atoms with van der Waals surface area (Å²) >= 11 is 0. The van der Waals surface area contributed by atoms with Gasteiger partial charge in [0.25, 0.3) is 0 Å². The fraction of sp³-hybridized carbons (Fsp3) is 0. The smallest absolute Gasteiger partial charge is 0.164 e. The standard InChI is InChI=1S/C45H44B15N3O/c46-26-19(20-29(49)35(55)38(58)36(56)30(20)50)27(47)25(28(48)21(26)22-31(51)34(54)32(52)23-24-33(53)37(57)39(59)40(60)42(24)64-41(22)23)45-62-43(17-9-5-2-6-10-17)61-44(63-45)18-13-11-16(12-14-18)15-7-3-1-4-8-15/h1-14H,46-60H2. The highest BCUT2D eigenvalue weighted by Gasteiger charge is 2.29. The van der Waals surface area contributed by atoms with Gasteiger partial charge in [0, 0.05) is 33.0 Å². The van der Waals surface area contributed by atoms with Crippen LogP contribution in [0.1, 0.15) is 0 Å². The van der Waals surface area contributed by atoms with E-state index in [-0.39, 0.29) is 0 Å². The lowest BCUT2D eigenvalue weighted by Gasteiger charge is -2.29. The monoisotopic (exact) mass is 807 g/mol. The SMILES string of the molecule is Bc1c(B)c(B)c(-c2c(B)c(-c3nc(-c4ccccc4)nc(-c4ccc(-c5ccccc5)cc4)n3)c(B)c(-c3c(B)c(B)c(B)c4c3oc3c(B)c(B)c(B)c(B)c34)c2B)c(B)c1B. The van der Waals surface area contributed by atoms with Crippen LogP contribution in [-0.4, -0.2) is 133 Å². The number of hydrogen-bond acceptors (Lipinski definition) is 4. The third-order valence-electron chi connectivity index (χ3n) is 15.3. The first-order chi connectivity index (χ1) is 30.5. The van der Waals surface area contributed by atoms with Crippen molar-refractivity contribution in [2.75, 3.05) is 0 Å². The Morgan fingerprint density at radius 1 is 0.250 bits per heavy atom. The van der Waals surface area contributed by atoms with Crippen molar-refractivity contribution in [2.24, 2.45) is 0 Å². The molecule has 0 radical (unpaired) electrons. The molecule has 290 valence electrons. The minimum Gasteiger partial charge on any atom is -0.456 e. The fourth-order valence-corrected chi connectivity index (χ4v) is 10.6. The lowest BCUT2D eigenvalue weighted by Crippen LogP contribution is -2.56.